The Morgan fingerprint density at radius 3 is 1.58 bits per heavy atom. The molecule has 21 nitrogen and oxygen atoms in total. The quantitative estimate of drug-likeness (QED) is 0.0404. The third kappa shape index (κ3) is 17.2. The lowest BCUT2D eigenvalue weighted by Crippen LogP contribution is -2.61. The van der Waals surface area contributed by atoms with Crippen LogP contribution in [0.5, 0.6) is 5.75 Å². The van der Waals surface area contributed by atoms with Gasteiger partial charge in [-0.2, -0.15) is 0 Å². The Labute approximate surface area is 423 Å². The fraction of sp³-hybridized carbons (Fsp3) is 0.442. The van der Waals surface area contributed by atoms with Gasteiger partial charge in [-0.25, -0.2) is 4.79 Å². The van der Waals surface area contributed by atoms with E-state index in [4.69, 9.17) is 10.8 Å². The van der Waals surface area contributed by atoms with Gasteiger partial charge < -0.3 is 63.3 Å². The monoisotopic (exact) mass is 1010 g/mol. The molecule has 0 radical (unpaired) electrons. The predicted molar refractivity (Wildman–Crippen MR) is 270 cm³/mol. The van der Waals surface area contributed by atoms with Gasteiger partial charge in [0.05, 0.1) is 12.5 Å². The van der Waals surface area contributed by atoms with Crippen molar-refractivity contribution in [3.05, 3.63) is 102 Å². The summed E-state index contributed by atoms with van der Waals surface area (Å²) in [7, 11) is 0. The first kappa shape index (κ1) is 57.8. The van der Waals surface area contributed by atoms with Crippen molar-refractivity contribution in [1.29, 1.82) is 0 Å². The van der Waals surface area contributed by atoms with Crippen LogP contribution in [-0.4, -0.2) is 122 Å². The lowest BCUT2D eigenvalue weighted by Gasteiger charge is -2.30. The van der Waals surface area contributed by atoms with E-state index in [0.29, 0.717) is 23.1 Å². The van der Waals surface area contributed by atoms with Gasteiger partial charge >= 0.3 is 11.9 Å². The largest absolute Gasteiger partial charge is 0.508 e. The molecule has 73 heavy (non-hydrogen) atoms. The van der Waals surface area contributed by atoms with Crippen molar-refractivity contribution in [2.75, 3.05) is 0 Å². The Balaban J connectivity index is 1.52. The van der Waals surface area contributed by atoms with E-state index in [1.807, 2.05) is 24.3 Å². The summed E-state index contributed by atoms with van der Waals surface area (Å²) in [5, 5.41) is 48.4. The van der Waals surface area contributed by atoms with Crippen molar-refractivity contribution in [1.82, 2.24) is 42.2 Å². The molecule has 0 fully saturated rings. The Hall–Kier alpha value is -7.81. The van der Waals surface area contributed by atoms with Crippen LogP contribution >= 0.6 is 0 Å². The molecule has 21 heteroatoms. The number of benzene rings is 3. The number of nitrogens with one attached hydrogen (secondary N) is 8. The number of phenols is 1. The minimum Gasteiger partial charge on any atom is -0.508 e. The average Bonchev–Trinajstić information content (AvgIpc) is 3.75. The number of aromatic amines is 1. The zero-order chi connectivity index (χ0) is 54.1. The number of carboxylic acid groups (broad SMARTS) is 2. The predicted octanol–water partition coefficient (Wildman–Crippen LogP) is 1.56. The second-order valence-corrected chi connectivity index (χ2v) is 18.9. The standard InChI is InChI=1S/C52H69N9O12/c1-8-29(6)44(51(71)58-40(52(72)73)24-33-26-54-37-17-13-12-16-35(33)37)61-50(70)43(28(4)5)59-45(65)30(7)55-47(67)38(22-31-14-10-9-11-15-31)56-48(68)39(23-32-18-20-34(62)21-19-32)57-49(69)42(27(2)3)60-46(66)36(53)25-41(63)64/h9-21,26-30,36,38-40,42-44,54,62H,8,22-25,53H2,1-7H3,(H,55,67)(H,56,68)(H,57,69)(H,58,71)(H,59,65)(H,60,66)(H,61,70)(H,63,64)(H,72,73)/t29-,30-,36-,38-,39-,40-,42-,43-,44-/m0/s1. The summed E-state index contributed by atoms with van der Waals surface area (Å²) < 4.78 is 0. The number of fused-ring (bicyclic) bond motifs is 1. The van der Waals surface area contributed by atoms with Crippen LogP contribution in [-0.2, 0) is 62.4 Å². The lowest BCUT2D eigenvalue weighted by atomic mass is 9.95. The van der Waals surface area contributed by atoms with Gasteiger partial charge in [-0.15, -0.1) is 0 Å². The smallest absolute Gasteiger partial charge is 0.326 e. The van der Waals surface area contributed by atoms with Crippen molar-refractivity contribution in [2.24, 2.45) is 23.5 Å². The molecule has 0 aliphatic heterocycles. The zero-order valence-electron chi connectivity index (χ0n) is 42.1. The third-order valence-electron chi connectivity index (χ3n) is 12.4. The van der Waals surface area contributed by atoms with E-state index in [0.717, 1.165) is 10.9 Å². The number of phenolic OH excluding ortho intramolecular Hbond substituents is 1. The molecular formula is C52H69N9O12. The van der Waals surface area contributed by atoms with Crippen molar-refractivity contribution in [3.8, 4) is 5.75 Å². The Bertz CT molecular complexity index is 2570. The number of H-pyrrole nitrogens is 1. The normalized spacial score (nSPS) is 15.0. The van der Waals surface area contributed by atoms with E-state index < -0.39 is 126 Å². The van der Waals surface area contributed by atoms with Crippen molar-refractivity contribution in [2.45, 2.75) is 129 Å². The molecule has 9 atom stereocenters. The molecule has 4 aromatic rings. The average molecular weight is 1010 g/mol. The molecule has 0 spiro atoms. The van der Waals surface area contributed by atoms with Crippen LogP contribution < -0.4 is 43.0 Å². The number of amides is 7. The molecule has 3 aromatic carbocycles. The topological polar surface area (TPSA) is 340 Å². The molecule has 0 saturated carbocycles. The van der Waals surface area contributed by atoms with Gasteiger partial charge in [0.2, 0.25) is 41.4 Å². The summed E-state index contributed by atoms with van der Waals surface area (Å²) in [6.07, 6.45) is 1.12. The molecular weight excluding hydrogens is 943 g/mol. The molecule has 0 saturated heterocycles. The van der Waals surface area contributed by atoms with Crippen molar-refractivity contribution >= 4 is 64.2 Å². The lowest BCUT2D eigenvalue weighted by molar-refractivity contribution is -0.142. The fourth-order valence-corrected chi connectivity index (χ4v) is 7.87. The fourth-order valence-electron chi connectivity index (χ4n) is 7.87. The van der Waals surface area contributed by atoms with Crippen LogP contribution in [0.15, 0.2) is 85.1 Å². The van der Waals surface area contributed by atoms with E-state index in [9.17, 15) is 53.4 Å². The SMILES string of the molecule is CC[C@H](C)[C@H](NC(=O)[C@@H](NC(=O)[C@H](C)NC(=O)[C@H](Cc1ccccc1)NC(=O)[C@H](Cc1ccc(O)cc1)NC(=O)[C@@H](NC(=O)[C@@H](N)CC(=O)O)C(C)C)C(C)C)C(=O)N[C@@H](Cc1c[nH]c2ccccc12)C(=O)O. The summed E-state index contributed by atoms with van der Waals surface area (Å²) in [6, 6.07) is 11.2. The number of carboxylic acids is 2. The maximum absolute atomic E-state index is 14.3. The Morgan fingerprint density at radius 2 is 1.01 bits per heavy atom. The summed E-state index contributed by atoms with van der Waals surface area (Å²) in [6.45, 7) is 11.5. The summed E-state index contributed by atoms with van der Waals surface area (Å²) in [4.78, 5) is 124. The number of para-hydroxylation sites is 1. The van der Waals surface area contributed by atoms with E-state index in [-0.39, 0.29) is 25.0 Å². The molecule has 0 bridgehead atoms. The van der Waals surface area contributed by atoms with Gasteiger partial charge in [-0.1, -0.05) is 109 Å². The van der Waals surface area contributed by atoms with E-state index >= 15 is 0 Å². The number of aromatic hydroxyl groups is 1. The van der Waals surface area contributed by atoms with Crippen LogP contribution in [0.1, 0.15) is 78.0 Å². The van der Waals surface area contributed by atoms with E-state index in [1.54, 1.807) is 78.1 Å². The molecule has 13 N–H and O–H groups in total. The molecule has 0 unspecified atom stereocenters. The number of rotatable bonds is 27. The number of aromatic nitrogens is 1. The number of hydrogen-bond acceptors (Lipinski definition) is 11. The van der Waals surface area contributed by atoms with Gasteiger partial charge in [-0.3, -0.25) is 38.4 Å². The van der Waals surface area contributed by atoms with Crippen LogP contribution in [0.25, 0.3) is 10.9 Å². The molecule has 0 aliphatic carbocycles. The van der Waals surface area contributed by atoms with Crippen molar-refractivity contribution in [3.63, 3.8) is 0 Å². The maximum Gasteiger partial charge on any atom is 0.326 e. The number of nitrogens with two attached hydrogens (primary N) is 1. The molecule has 1 aromatic heterocycles. The summed E-state index contributed by atoms with van der Waals surface area (Å²) in [5.74, 6) is -9.86. The van der Waals surface area contributed by atoms with E-state index in [2.05, 4.69) is 42.2 Å². The number of carbonyl (C=O) groups is 9. The second kappa shape index (κ2) is 27.1. The number of aliphatic carboxylic acids is 2. The molecule has 7 amide bonds. The Morgan fingerprint density at radius 1 is 0.534 bits per heavy atom. The summed E-state index contributed by atoms with van der Waals surface area (Å²) in [5.41, 5.74) is 8.33. The first-order valence-electron chi connectivity index (χ1n) is 24.2. The van der Waals surface area contributed by atoms with Gasteiger partial charge in [0.15, 0.2) is 0 Å². The highest BCUT2D eigenvalue weighted by Crippen LogP contribution is 2.20. The van der Waals surface area contributed by atoms with E-state index in [1.165, 1.54) is 31.2 Å². The van der Waals surface area contributed by atoms with Gasteiger partial charge in [0.25, 0.3) is 0 Å². The van der Waals surface area contributed by atoms with Crippen molar-refractivity contribution < 1.29 is 58.5 Å². The minimum absolute atomic E-state index is 0.0399. The molecule has 0 aliphatic rings. The first-order valence-corrected chi connectivity index (χ1v) is 24.2. The highest BCUT2D eigenvalue weighted by molar-refractivity contribution is 5.98. The van der Waals surface area contributed by atoms with Gasteiger partial charge in [-0.05, 0) is 59.6 Å². The van der Waals surface area contributed by atoms with Crippen LogP contribution in [0.4, 0.5) is 0 Å². The maximum atomic E-state index is 14.3. The van der Waals surface area contributed by atoms with Gasteiger partial charge in [0, 0.05) is 36.4 Å². The highest BCUT2D eigenvalue weighted by Gasteiger charge is 2.36. The van der Waals surface area contributed by atoms with Crippen LogP contribution in [0, 0.1) is 17.8 Å². The van der Waals surface area contributed by atoms with Gasteiger partial charge in [0.1, 0.15) is 48.0 Å². The molecule has 394 valence electrons. The minimum atomic E-state index is -1.47. The van der Waals surface area contributed by atoms with Crippen LogP contribution in [0.3, 0.4) is 0 Å². The molecule has 1 heterocycles. The second-order valence-electron chi connectivity index (χ2n) is 18.9. The Kier molecular flexibility index (Phi) is 21.5. The summed E-state index contributed by atoms with van der Waals surface area (Å²) >= 11 is 0. The highest BCUT2D eigenvalue weighted by atomic mass is 16.4. The molecule has 4 rings (SSSR count). The number of carbonyl (C=O) groups excluding carboxylic acids is 7. The first-order chi connectivity index (χ1) is 34.5. The van der Waals surface area contributed by atoms with Crippen LogP contribution in [0.2, 0.25) is 0 Å². The zero-order valence-corrected chi connectivity index (χ0v) is 42.1. The third-order valence-corrected chi connectivity index (χ3v) is 12.4. The number of hydrogen-bond donors (Lipinski definition) is 12.